The van der Waals surface area contributed by atoms with E-state index < -0.39 is 0 Å². The third-order valence-electron chi connectivity index (χ3n) is 4.42. The second-order valence-corrected chi connectivity index (χ2v) is 8.01. The Hall–Kier alpha value is -1.30. The molecule has 3 rings (SSSR count). The molecule has 4 nitrogen and oxygen atoms in total. The first-order valence-electron chi connectivity index (χ1n) is 8.47. The van der Waals surface area contributed by atoms with Crippen molar-refractivity contribution in [1.82, 2.24) is 10.3 Å². The Morgan fingerprint density at radius 3 is 3.00 bits per heavy atom. The number of thiazole rings is 1. The Labute approximate surface area is 162 Å². The molecule has 2 aromatic rings. The fraction of sp³-hybridized carbons (Fsp3) is 0.444. The molecule has 0 saturated carbocycles. The number of anilines is 1. The third kappa shape index (κ3) is 5.33. The molecule has 1 aromatic heterocycles. The van der Waals surface area contributed by atoms with Crippen LogP contribution in [-0.4, -0.2) is 30.5 Å². The number of nitrogens with one attached hydrogen (secondary N) is 1. The van der Waals surface area contributed by atoms with Gasteiger partial charge in [-0.15, -0.1) is 11.3 Å². The number of aromatic nitrogens is 1. The number of piperidine rings is 1. The standard InChI is InChI=1S/C18H21Cl2N3OS/c19-15-5-3-13(10-16(15)20)4-6-17(24)22-11-14-2-1-8-23(12-14)18-21-7-9-25-18/h3,5,7,9-10,14H,1-2,4,6,8,11-12H2,(H,22,24). The zero-order valence-electron chi connectivity index (χ0n) is 13.9. The van der Waals surface area contributed by atoms with Crippen molar-refractivity contribution in [2.24, 2.45) is 5.92 Å². The van der Waals surface area contributed by atoms with Crippen LogP contribution in [-0.2, 0) is 11.2 Å². The van der Waals surface area contributed by atoms with E-state index in [1.165, 1.54) is 0 Å². The van der Waals surface area contributed by atoms with E-state index in [1.807, 2.05) is 23.7 Å². The van der Waals surface area contributed by atoms with Gasteiger partial charge in [0.1, 0.15) is 0 Å². The highest BCUT2D eigenvalue weighted by molar-refractivity contribution is 7.13. The number of rotatable bonds is 6. The predicted octanol–water partition coefficient (Wildman–Crippen LogP) is 4.42. The van der Waals surface area contributed by atoms with Crippen molar-refractivity contribution in [2.75, 3.05) is 24.5 Å². The van der Waals surface area contributed by atoms with Crippen LogP contribution in [0.25, 0.3) is 0 Å². The fourth-order valence-electron chi connectivity index (χ4n) is 3.08. The lowest BCUT2D eigenvalue weighted by molar-refractivity contribution is -0.121. The van der Waals surface area contributed by atoms with Crippen LogP contribution < -0.4 is 10.2 Å². The van der Waals surface area contributed by atoms with Gasteiger partial charge in [-0.2, -0.15) is 0 Å². The molecule has 1 amide bonds. The lowest BCUT2D eigenvalue weighted by Crippen LogP contribution is -2.41. The SMILES string of the molecule is O=C(CCc1ccc(Cl)c(Cl)c1)NCC1CCCN(c2nccs2)C1. The van der Waals surface area contributed by atoms with Crippen molar-refractivity contribution in [3.63, 3.8) is 0 Å². The lowest BCUT2D eigenvalue weighted by Gasteiger charge is -2.32. The van der Waals surface area contributed by atoms with Crippen LogP contribution in [0.2, 0.25) is 10.0 Å². The van der Waals surface area contributed by atoms with Gasteiger partial charge in [-0.05, 0) is 42.9 Å². The van der Waals surface area contributed by atoms with Gasteiger partial charge in [0.15, 0.2) is 5.13 Å². The van der Waals surface area contributed by atoms with Gasteiger partial charge in [0.05, 0.1) is 10.0 Å². The lowest BCUT2D eigenvalue weighted by atomic mass is 9.98. The average molecular weight is 398 g/mol. The van der Waals surface area contributed by atoms with Crippen molar-refractivity contribution in [3.8, 4) is 0 Å². The number of carbonyl (C=O) groups is 1. The van der Waals surface area contributed by atoms with Gasteiger partial charge in [0.25, 0.3) is 0 Å². The molecule has 0 aliphatic carbocycles. The largest absolute Gasteiger partial charge is 0.356 e. The van der Waals surface area contributed by atoms with Crippen LogP contribution in [0.15, 0.2) is 29.8 Å². The summed E-state index contributed by atoms with van der Waals surface area (Å²) >= 11 is 13.6. The Balaban J connectivity index is 1.41. The van der Waals surface area contributed by atoms with Gasteiger partial charge < -0.3 is 10.2 Å². The first-order chi connectivity index (χ1) is 12.1. The number of halogens is 2. The molecule has 1 atom stereocenters. The highest BCUT2D eigenvalue weighted by atomic mass is 35.5. The van der Waals surface area contributed by atoms with Gasteiger partial charge in [-0.1, -0.05) is 29.3 Å². The number of nitrogens with zero attached hydrogens (tertiary/aromatic N) is 2. The molecule has 1 aromatic carbocycles. The summed E-state index contributed by atoms with van der Waals surface area (Å²) in [6, 6.07) is 5.51. The molecular weight excluding hydrogens is 377 g/mol. The number of benzene rings is 1. The maximum absolute atomic E-state index is 12.1. The predicted molar refractivity (Wildman–Crippen MR) is 105 cm³/mol. The van der Waals surface area contributed by atoms with Crippen molar-refractivity contribution >= 4 is 45.6 Å². The van der Waals surface area contributed by atoms with Crippen LogP contribution in [0.3, 0.4) is 0 Å². The summed E-state index contributed by atoms with van der Waals surface area (Å²) in [6.07, 6.45) is 5.26. The number of hydrogen-bond donors (Lipinski definition) is 1. The minimum atomic E-state index is 0.0810. The summed E-state index contributed by atoms with van der Waals surface area (Å²) < 4.78 is 0. The van der Waals surface area contributed by atoms with E-state index >= 15 is 0 Å². The molecule has 2 heterocycles. The van der Waals surface area contributed by atoms with Crippen molar-refractivity contribution in [3.05, 3.63) is 45.4 Å². The van der Waals surface area contributed by atoms with Gasteiger partial charge >= 0.3 is 0 Å². The molecule has 0 spiro atoms. The summed E-state index contributed by atoms with van der Waals surface area (Å²) in [5, 5.41) is 7.23. The minimum absolute atomic E-state index is 0.0810. The quantitative estimate of drug-likeness (QED) is 0.784. The molecular formula is C18H21Cl2N3OS. The summed E-state index contributed by atoms with van der Waals surface area (Å²) in [5.74, 6) is 0.559. The number of carbonyl (C=O) groups excluding carboxylic acids is 1. The van der Waals surface area contributed by atoms with Crippen molar-refractivity contribution < 1.29 is 4.79 Å². The first kappa shape index (κ1) is 18.5. The summed E-state index contributed by atoms with van der Waals surface area (Å²) in [4.78, 5) is 18.8. The third-order valence-corrected chi connectivity index (χ3v) is 5.99. The topological polar surface area (TPSA) is 45.2 Å². The highest BCUT2D eigenvalue weighted by Crippen LogP contribution is 2.25. The molecule has 1 aliphatic rings. The van der Waals surface area contributed by atoms with Crippen molar-refractivity contribution in [2.45, 2.75) is 25.7 Å². The van der Waals surface area contributed by atoms with Crippen LogP contribution in [0.5, 0.6) is 0 Å². The minimum Gasteiger partial charge on any atom is -0.356 e. The first-order valence-corrected chi connectivity index (χ1v) is 10.1. The molecule has 1 unspecified atom stereocenters. The van der Waals surface area contributed by atoms with Gasteiger partial charge in [-0.25, -0.2) is 4.98 Å². The molecule has 1 saturated heterocycles. The van der Waals surface area contributed by atoms with E-state index in [4.69, 9.17) is 23.2 Å². The van der Waals surface area contributed by atoms with Crippen LogP contribution in [0.4, 0.5) is 5.13 Å². The Morgan fingerprint density at radius 2 is 2.24 bits per heavy atom. The summed E-state index contributed by atoms with van der Waals surface area (Å²) in [7, 11) is 0. The van der Waals surface area contributed by atoms with Crippen molar-refractivity contribution in [1.29, 1.82) is 0 Å². The number of hydrogen-bond acceptors (Lipinski definition) is 4. The van der Waals surface area contributed by atoms with E-state index in [2.05, 4.69) is 15.2 Å². The average Bonchev–Trinajstić information content (AvgIpc) is 3.16. The van der Waals surface area contributed by atoms with E-state index in [0.29, 0.717) is 28.8 Å². The Bertz CT molecular complexity index is 708. The normalized spacial score (nSPS) is 17.5. The monoisotopic (exact) mass is 397 g/mol. The molecule has 7 heteroatoms. The van der Waals surface area contributed by atoms with Crippen LogP contribution in [0, 0.1) is 5.92 Å². The number of amides is 1. The second kappa shape index (κ2) is 8.88. The Morgan fingerprint density at radius 1 is 1.36 bits per heavy atom. The van der Waals surface area contributed by atoms with Gasteiger partial charge in [-0.3, -0.25) is 4.79 Å². The number of aryl methyl sites for hydroxylation is 1. The van der Waals surface area contributed by atoms with Gasteiger partial charge in [0, 0.05) is 37.6 Å². The summed E-state index contributed by atoms with van der Waals surface area (Å²) in [6.45, 7) is 2.73. The Kier molecular flexibility index (Phi) is 6.57. The molecule has 1 fully saturated rings. The summed E-state index contributed by atoms with van der Waals surface area (Å²) in [5.41, 5.74) is 1.03. The fourth-order valence-corrected chi connectivity index (χ4v) is 4.08. The maximum atomic E-state index is 12.1. The van der Waals surface area contributed by atoms with Crippen LogP contribution >= 0.6 is 34.5 Å². The maximum Gasteiger partial charge on any atom is 0.220 e. The zero-order valence-corrected chi connectivity index (χ0v) is 16.2. The molecule has 134 valence electrons. The molecule has 0 radical (unpaired) electrons. The smallest absolute Gasteiger partial charge is 0.220 e. The van der Waals surface area contributed by atoms with Crippen LogP contribution in [0.1, 0.15) is 24.8 Å². The zero-order chi connectivity index (χ0) is 17.6. The highest BCUT2D eigenvalue weighted by Gasteiger charge is 2.21. The molecule has 25 heavy (non-hydrogen) atoms. The van der Waals surface area contributed by atoms with E-state index in [-0.39, 0.29) is 5.91 Å². The molecule has 1 N–H and O–H groups in total. The molecule has 0 bridgehead atoms. The van der Waals surface area contributed by atoms with Gasteiger partial charge in [0.2, 0.25) is 5.91 Å². The van der Waals surface area contributed by atoms with E-state index in [1.54, 1.807) is 17.4 Å². The second-order valence-electron chi connectivity index (χ2n) is 6.32. The van der Waals surface area contributed by atoms with E-state index in [9.17, 15) is 4.79 Å². The van der Waals surface area contributed by atoms with E-state index in [0.717, 1.165) is 43.2 Å². The molecule has 1 aliphatic heterocycles.